The zero-order valence-electron chi connectivity index (χ0n) is 26.3. The van der Waals surface area contributed by atoms with E-state index in [0.29, 0.717) is 47.9 Å². The van der Waals surface area contributed by atoms with Crippen molar-refractivity contribution in [3.05, 3.63) is 85.0 Å². The molecule has 1 aromatic carbocycles. The number of fused-ring (bicyclic) bond motifs is 1. The second-order valence-electron chi connectivity index (χ2n) is 13.4. The minimum Gasteiger partial charge on any atom is -0.466 e. The number of ether oxygens (including phenoxy) is 2. The maximum Gasteiger partial charge on any atom is 0.335 e. The Bertz CT molecular complexity index is 1240. The van der Waals surface area contributed by atoms with Gasteiger partial charge in [-0.25, -0.2) is 4.79 Å². The van der Waals surface area contributed by atoms with Gasteiger partial charge in [-0.2, -0.15) is 0 Å². The zero-order valence-corrected chi connectivity index (χ0v) is 26.3. The van der Waals surface area contributed by atoms with E-state index in [0.717, 1.165) is 36.7 Å². The molecule has 0 radical (unpaired) electrons. The van der Waals surface area contributed by atoms with Crippen molar-refractivity contribution in [3.8, 4) is 5.75 Å². The molecule has 43 heavy (non-hydrogen) atoms. The van der Waals surface area contributed by atoms with Crippen LogP contribution in [0.4, 0.5) is 0 Å². The number of benzene rings is 1. The van der Waals surface area contributed by atoms with Crippen molar-refractivity contribution in [1.82, 2.24) is 0 Å². The number of esters is 2. The zero-order chi connectivity index (χ0) is 30.3. The van der Waals surface area contributed by atoms with E-state index in [1.165, 1.54) is 31.8 Å². The summed E-state index contributed by atoms with van der Waals surface area (Å²) in [4.78, 5) is 24.6. The highest BCUT2D eigenvalue weighted by atomic mass is 16.5. The molecule has 230 valence electrons. The molecule has 0 saturated heterocycles. The Morgan fingerprint density at radius 1 is 0.907 bits per heavy atom. The molecule has 0 aliphatic heterocycles. The van der Waals surface area contributed by atoms with Crippen molar-refractivity contribution < 1.29 is 19.1 Å². The summed E-state index contributed by atoms with van der Waals surface area (Å²) in [6, 6.07) is 7.56. The summed E-state index contributed by atoms with van der Waals surface area (Å²) in [5.74, 6) is 5.07. The highest BCUT2D eigenvalue weighted by Crippen LogP contribution is 2.50. The third kappa shape index (κ3) is 7.51. The van der Waals surface area contributed by atoms with Gasteiger partial charge in [0.25, 0.3) is 0 Å². The smallest absolute Gasteiger partial charge is 0.335 e. The fourth-order valence-corrected chi connectivity index (χ4v) is 8.56. The van der Waals surface area contributed by atoms with Gasteiger partial charge < -0.3 is 9.47 Å². The van der Waals surface area contributed by atoms with Crippen molar-refractivity contribution in [1.29, 1.82) is 0 Å². The molecular formula is C39H50O4. The molecule has 4 nitrogen and oxygen atoms in total. The first-order valence-electron chi connectivity index (χ1n) is 16.7. The summed E-state index contributed by atoms with van der Waals surface area (Å²) in [5.41, 5.74) is 1.09. The first-order chi connectivity index (χ1) is 20.9. The molecule has 0 bridgehead atoms. The second-order valence-corrected chi connectivity index (χ2v) is 13.4. The van der Waals surface area contributed by atoms with Gasteiger partial charge in [-0.05, 0) is 116 Å². The van der Waals surface area contributed by atoms with Gasteiger partial charge >= 0.3 is 11.9 Å². The highest BCUT2D eigenvalue weighted by Gasteiger charge is 2.46. The topological polar surface area (TPSA) is 52.6 Å². The predicted molar refractivity (Wildman–Crippen MR) is 174 cm³/mol. The first kappa shape index (κ1) is 31.3. The van der Waals surface area contributed by atoms with Crippen LogP contribution in [0.5, 0.6) is 5.75 Å². The van der Waals surface area contributed by atoms with Crippen LogP contribution >= 0.6 is 0 Å². The van der Waals surface area contributed by atoms with Crippen molar-refractivity contribution in [3.63, 3.8) is 0 Å². The molecule has 0 spiro atoms. The van der Waals surface area contributed by atoms with Gasteiger partial charge in [0.1, 0.15) is 5.75 Å². The average molecular weight is 583 g/mol. The molecule has 0 heterocycles. The van der Waals surface area contributed by atoms with Crippen LogP contribution in [0.25, 0.3) is 6.08 Å². The van der Waals surface area contributed by atoms with Crippen molar-refractivity contribution in [2.24, 2.45) is 59.2 Å². The number of hydrogen-bond acceptors (Lipinski definition) is 4. The third-order valence-electron chi connectivity index (χ3n) is 10.8. The number of carbonyl (C=O) groups excluding carboxylic acids is 2. The van der Waals surface area contributed by atoms with Gasteiger partial charge in [0.2, 0.25) is 0 Å². The molecule has 4 aliphatic rings. The molecule has 5 rings (SSSR count). The van der Waals surface area contributed by atoms with E-state index in [-0.39, 0.29) is 17.8 Å². The van der Waals surface area contributed by atoms with Crippen molar-refractivity contribution in [2.45, 2.75) is 65.7 Å². The van der Waals surface area contributed by atoms with E-state index < -0.39 is 5.97 Å². The monoisotopic (exact) mass is 582 g/mol. The molecule has 1 aromatic rings. The Morgan fingerprint density at radius 3 is 2.35 bits per heavy atom. The Kier molecular flexibility index (Phi) is 10.6. The summed E-state index contributed by atoms with van der Waals surface area (Å²) in [6.07, 6.45) is 28.4. The molecule has 3 fully saturated rings. The SMILES string of the molecule is C=CC(=O)Oc1ccc(C=CC2CCC(C=CC3CC(C=CC4CC(C)C5CC=CC45)C(CC)C3C(=O)OCC)C2)cc1. The van der Waals surface area contributed by atoms with Crippen LogP contribution in [-0.4, -0.2) is 18.5 Å². The van der Waals surface area contributed by atoms with Crippen molar-refractivity contribution >= 4 is 18.0 Å². The minimum absolute atomic E-state index is 0.00862. The average Bonchev–Trinajstić information content (AvgIpc) is 3.80. The van der Waals surface area contributed by atoms with Gasteiger partial charge in [0, 0.05) is 6.08 Å². The Balaban J connectivity index is 1.20. The van der Waals surface area contributed by atoms with E-state index in [4.69, 9.17) is 9.47 Å². The maximum atomic E-state index is 13.3. The summed E-state index contributed by atoms with van der Waals surface area (Å²) in [7, 11) is 0. The lowest BCUT2D eigenvalue weighted by molar-refractivity contribution is -0.150. The Hall–Kier alpha value is -3.14. The predicted octanol–water partition coefficient (Wildman–Crippen LogP) is 9.01. The van der Waals surface area contributed by atoms with E-state index in [2.05, 4.69) is 69.0 Å². The van der Waals surface area contributed by atoms with E-state index >= 15 is 0 Å². The summed E-state index contributed by atoms with van der Waals surface area (Å²) in [6.45, 7) is 10.5. The van der Waals surface area contributed by atoms with Crippen LogP contribution in [0.15, 0.2) is 79.5 Å². The number of hydrogen-bond donors (Lipinski definition) is 0. The number of rotatable bonds is 11. The molecule has 3 saturated carbocycles. The molecule has 4 heteroatoms. The maximum absolute atomic E-state index is 13.3. The lowest BCUT2D eigenvalue weighted by atomic mass is 9.83. The molecule has 0 aromatic heterocycles. The van der Waals surface area contributed by atoms with E-state index in [1.54, 1.807) is 0 Å². The van der Waals surface area contributed by atoms with Gasteiger partial charge in [0.15, 0.2) is 0 Å². The summed E-state index contributed by atoms with van der Waals surface area (Å²) < 4.78 is 10.8. The lowest BCUT2D eigenvalue weighted by Crippen LogP contribution is -2.27. The molecular weight excluding hydrogens is 532 g/mol. The van der Waals surface area contributed by atoms with Gasteiger partial charge in [-0.3, -0.25) is 4.79 Å². The van der Waals surface area contributed by atoms with Crippen LogP contribution in [-0.2, 0) is 14.3 Å². The minimum atomic E-state index is -0.449. The van der Waals surface area contributed by atoms with Gasteiger partial charge in [0.05, 0.1) is 12.5 Å². The van der Waals surface area contributed by atoms with Crippen LogP contribution < -0.4 is 4.74 Å². The van der Waals surface area contributed by atoms with E-state index in [1.807, 2.05) is 31.2 Å². The quantitative estimate of drug-likeness (QED) is 0.113. The third-order valence-corrected chi connectivity index (χ3v) is 10.8. The van der Waals surface area contributed by atoms with Crippen LogP contribution in [0, 0.1) is 59.2 Å². The summed E-state index contributed by atoms with van der Waals surface area (Å²) >= 11 is 0. The molecule has 0 amide bonds. The normalized spacial score (nSPS) is 35.3. The Morgan fingerprint density at radius 2 is 1.63 bits per heavy atom. The Labute approximate surface area is 259 Å². The van der Waals surface area contributed by atoms with Gasteiger partial charge in [-0.1, -0.05) is 87.6 Å². The number of allylic oxidation sites excluding steroid dienone is 7. The van der Waals surface area contributed by atoms with Crippen LogP contribution in [0.2, 0.25) is 0 Å². The lowest BCUT2D eigenvalue weighted by Gasteiger charge is -2.23. The standard InChI is InChI=1S/C39H50O4/c1-5-34-31(20-19-30-23-26(4)35-9-8-10-36(30)35)25-32(38(34)39(41)42-7-3)18-15-29-14-13-28(24-29)12-11-27-16-21-33(22-17-27)43-37(40)6-2/h6,8,10-12,15-22,26,28-32,34-36,38H,2,5,7,9,13-14,23-25H2,1,3-4H3. The summed E-state index contributed by atoms with van der Waals surface area (Å²) in [5, 5.41) is 0. The molecule has 10 atom stereocenters. The van der Waals surface area contributed by atoms with Gasteiger partial charge in [-0.15, -0.1) is 0 Å². The van der Waals surface area contributed by atoms with Crippen LogP contribution in [0.3, 0.4) is 0 Å². The largest absolute Gasteiger partial charge is 0.466 e. The molecule has 0 N–H and O–H groups in total. The highest BCUT2D eigenvalue weighted by molar-refractivity contribution is 5.83. The second kappa shape index (κ2) is 14.6. The number of carbonyl (C=O) groups is 2. The first-order valence-corrected chi connectivity index (χ1v) is 16.7. The van der Waals surface area contributed by atoms with Crippen molar-refractivity contribution in [2.75, 3.05) is 6.61 Å². The van der Waals surface area contributed by atoms with E-state index in [9.17, 15) is 9.59 Å². The fraction of sp³-hybridized carbons (Fsp3) is 0.538. The molecule has 10 unspecified atom stereocenters. The van der Waals surface area contributed by atoms with Crippen LogP contribution in [0.1, 0.15) is 71.3 Å². The molecule has 4 aliphatic carbocycles. The fourth-order valence-electron chi connectivity index (χ4n) is 8.56.